The van der Waals surface area contributed by atoms with Crippen LogP contribution in [0.15, 0.2) is 133 Å². The summed E-state index contributed by atoms with van der Waals surface area (Å²) in [6, 6.07) is 46.1. The zero-order chi connectivity index (χ0) is 21.8. The van der Waals surface area contributed by atoms with Gasteiger partial charge in [-0.3, -0.25) is 0 Å². The van der Waals surface area contributed by atoms with Crippen LogP contribution in [0.3, 0.4) is 0 Å². The predicted molar refractivity (Wildman–Crippen MR) is 137 cm³/mol. The first-order valence-corrected chi connectivity index (χ1v) is 11.0. The van der Waals surface area contributed by atoms with E-state index in [1.54, 1.807) is 0 Å². The number of hydrogen-bond donors (Lipinski definition) is 0. The Kier molecular flexibility index (Phi) is 5.74. The summed E-state index contributed by atoms with van der Waals surface area (Å²) in [4.78, 5) is 2.27. The highest BCUT2D eigenvalue weighted by Crippen LogP contribution is 2.41. The lowest BCUT2D eigenvalue weighted by molar-refractivity contribution is 1.28. The second-order valence-corrected chi connectivity index (χ2v) is 8.05. The van der Waals surface area contributed by atoms with Crippen molar-refractivity contribution in [2.75, 3.05) is 4.90 Å². The summed E-state index contributed by atoms with van der Waals surface area (Å²) in [5, 5.41) is 0.714. The third-order valence-electron chi connectivity index (χ3n) is 5.53. The number of halogens is 1. The van der Waals surface area contributed by atoms with E-state index >= 15 is 0 Å². The van der Waals surface area contributed by atoms with Crippen LogP contribution in [0.5, 0.6) is 0 Å². The van der Waals surface area contributed by atoms with E-state index < -0.39 is 0 Å². The van der Waals surface area contributed by atoms with E-state index in [9.17, 15) is 0 Å². The summed E-state index contributed by atoms with van der Waals surface area (Å²) in [6.07, 6.45) is 0. The van der Waals surface area contributed by atoms with Gasteiger partial charge in [-0.15, -0.1) is 0 Å². The maximum absolute atomic E-state index is 6.40. The van der Waals surface area contributed by atoms with E-state index in [-0.39, 0.29) is 0 Å². The van der Waals surface area contributed by atoms with Crippen molar-refractivity contribution in [2.24, 2.45) is 0 Å². The molecule has 0 aromatic heterocycles. The maximum atomic E-state index is 6.40. The van der Waals surface area contributed by atoms with Gasteiger partial charge in [0.1, 0.15) is 0 Å². The van der Waals surface area contributed by atoms with Gasteiger partial charge in [-0.2, -0.15) is 0 Å². The SMILES string of the molecule is Clc1cccc(N(c2ccc(-c3ccccc3)cc2)c2ccccc2-c2ccccc2)c1. The Labute approximate surface area is 194 Å². The average molecular weight is 432 g/mol. The third-order valence-corrected chi connectivity index (χ3v) is 5.76. The molecule has 0 aliphatic carbocycles. The van der Waals surface area contributed by atoms with Crippen molar-refractivity contribution in [1.29, 1.82) is 0 Å². The smallest absolute Gasteiger partial charge is 0.0540 e. The Morgan fingerprint density at radius 2 is 1.03 bits per heavy atom. The number of anilines is 3. The van der Waals surface area contributed by atoms with E-state index in [1.165, 1.54) is 22.3 Å². The summed E-state index contributed by atoms with van der Waals surface area (Å²) in [5.41, 5.74) is 7.95. The highest BCUT2D eigenvalue weighted by atomic mass is 35.5. The topological polar surface area (TPSA) is 3.24 Å². The lowest BCUT2D eigenvalue weighted by atomic mass is 10.0. The second-order valence-electron chi connectivity index (χ2n) is 7.61. The summed E-state index contributed by atoms with van der Waals surface area (Å²) < 4.78 is 0. The number of benzene rings is 5. The minimum atomic E-state index is 0.714. The second kappa shape index (κ2) is 9.13. The van der Waals surface area contributed by atoms with E-state index in [4.69, 9.17) is 11.6 Å². The van der Waals surface area contributed by atoms with Gasteiger partial charge in [0, 0.05) is 22.0 Å². The Balaban J connectivity index is 1.66. The lowest BCUT2D eigenvalue weighted by Crippen LogP contribution is -2.11. The molecule has 0 amide bonds. The summed E-state index contributed by atoms with van der Waals surface area (Å²) in [7, 11) is 0. The van der Waals surface area contributed by atoms with Crippen molar-refractivity contribution in [1.82, 2.24) is 0 Å². The molecule has 0 fully saturated rings. The first-order valence-electron chi connectivity index (χ1n) is 10.7. The van der Waals surface area contributed by atoms with Crippen molar-refractivity contribution >= 4 is 28.7 Å². The standard InChI is InChI=1S/C30H22ClN/c31-26-14-9-15-28(22-26)32(27-20-18-24(19-21-27)23-10-3-1-4-11-23)30-17-8-7-16-29(30)25-12-5-2-6-13-25/h1-22H. The molecule has 0 atom stereocenters. The Hall–Kier alpha value is -3.81. The monoisotopic (exact) mass is 431 g/mol. The molecule has 0 unspecified atom stereocenters. The third kappa shape index (κ3) is 4.16. The van der Waals surface area contributed by atoms with Crippen molar-refractivity contribution in [3.8, 4) is 22.3 Å². The van der Waals surface area contributed by atoms with Crippen LogP contribution in [-0.2, 0) is 0 Å². The van der Waals surface area contributed by atoms with E-state index in [1.807, 2.05) is 30.3 Å². The van der Waals surface area contributed by atoms with Gasteiger partial charge < -0.3 is 4.90 Å². The summed E-state index contributed by atoms with van der Waals surface area (Å²) in [5.74, 6) is 0. The lowest BCUT2D eigenvalue weighted by Gasteiger charge is -2.28. The molecule has 32 heavy (non-hydrogen) atoms. The molecule has 0 aliphatic rings. The molecule has 0 heterocycles. The maximum Gasteiger partial charge on any atom is 0.0540 e. The zero-order valence-corrected chi connectivity index (χ0v) is 18.3. The van der Waals surface area contributed by atoms with Crippen molar-refractivity contribution < 1.29 is 0 Å². The molecule has 1 nitrogen and oxygen atoms in total. The Bertz CT molecular complexity index is 1310. The van der Waals surface area contributed by atoms with Gasteiger partial charge >= 0.3 is 0 Å². The molecule has 5 rings (SSSR count). The Morgan fingerprint density at radius 1 is 0.438 bits per heavy atom. The van der Waals surface area contributed by atoms with Gasteiger partial charge in [0.15, 0.2) is 0 Å². The van der Waals surface area contributed by atoms with Crippen LogP contribution in [0.2, 0.25) is 5.02 Å². The average Bonchev–Trinajstić information content (AvgIpc) is 2.86. The van der Waals surface area contributed by atoms with Crippen LogP contribution in [0, 0.1) is 0 Å². The van der Waals surface area contributed by atoms with Gasteiger partial charge in [-0.25, -0.2) is 0 Å². The fourth-order valence-electron chi connectivity index (χ4n) is 4.01. The van der Waals surface area contributed by atoms with Crippen molar-refractivity contribution in [3.05, 3.63) is 138 Å². The van der Waals surface area contributed by atoms with E-state index in [0.717, 1.165) is 17.1 Å². The first-order chi connectivity index (χ1) is 15.8. The molecule has 0 radical (unpaired) electrons. The number of rotatable bonds is 5. The minimum absolute atomic E-state index is 0.714. The summed E-state index contributed by atoms with van der Waals surface area (Å²) >= 11 is 6.40. The molecular weight excluding hydrogens is 410 g/mol. The fourth-order valence-corrected chi connectivity index (χ4v) is 4.19. The van der Waals surface area contributed by atoms with Gasteiger partial charge in [-0.05, 0) is 53.1 Å². The predicted octanol–water partition coefficient (Wildman–Crippen LogP) is 9.14. The van der Waals surface area contributed by atoms with Crippen LogP contribution in [0.1, 0.15) is 0 Å². The zero-order valence-electron chi connectivity index (χ0n) is 17.5. The quantitative estimate of drug-likeness (QED) is 0.268. The van der Waals surface area contributed by atoms with Gasteiger partial charge in [0.25, 0.3) is 0 Å². The fraction of sp³-hybridized carbons (Fsp3) is 0. The molecular formula is C30H22ClN. The number of hydrogen-bond acceptors (Lipinski definition) is 1. The van der Waals surface area contributed by atoms with Crippen LogP contribution >= 0.6 is 11.6 Å². The van der Waals surface area contributed by atoms with E-state index in [0.29, 0.717) is 5.02 Å². The highest BCUT2D eigenvalue weighted by molar-refractivity contribution is 6.30. The van der Waals surface area contributed by atoms with Gasteiger partial charge in [-0.1, -0.05) is 109 Å². The Morgan fingerprint density at radius 3 is 1.72 bits per heavy atom. The molecule has 0 bridgehead atoms. The van der Waals surface area contributed by atoms with Crippen LogP contribution in [0.4, 0.5) is 17.1 Å². The number of nitrogens with zero attached hydrogens (tertiary/aromatic N) is 1. The van der Waals surface area contributed by atoms with E-state index in [2.05, 4.69) is 108 Å². The number of para-hydroxylation sites is 1. The molecule has 0 N–H and O–H groups in total. The normalized spacial score (nSPS) is 10.7. The molecule has 154 valence electrons. The van der Waals surface area contributed by atoms with Crippen LogP contribution < -0.4 is 4.90 Å². The van der Waals surface area contributed by atoms with Crippen LogP contribution in [-0.4, -0.2) is 0 Å². The molecule has 0 saturated carbocycles. The highest BCUT2D eigenvalue weighted by Gasteiger charge is 2.17. The van der Waals surface area contributed by atoms with Crippen LogP contribution in [0.25, 0.3) is 22.3 Å². The molecule has 0 spiro atoms. The molecule has 0 saturated heterocycles. The largest absolute Gasteiger partial charge is 0.310 e. The summed E-state index contributed by atoms with van der Waals surface area (Å²) in [6.45, 7) is 0. The molecule has 2 heteroatoms. The molecule has 5 aromatic carbocycles. The molecule has 0 aliphatic heterocycles. The molecule has 5 aromatic rings. The van der Waals surface area contributed by atoms with Gasteiger partial charge in [0.2, 0.25) is 0 Å². The first kappa shape index (κ1) is 20.1. The van der Waals surface area contributed by atoms with Crippen molar-refractivity contribution in [3.63, 3.8) is 0 Å². The van der Waals surface area contributed by atoms with Crippen molar-refractivity contribution in [2.45, 2.75) is 0 Å². The minimum Gasteiger partial charge on any atom is -0.310 e. The van der Waals surface area contributed by atoms with Gasteiger partial charge in [0.05, 0.1) is 5.69 Å².